The van der Waals surface area contributed by atoms with E-state index < -0.39 is 12.7 Å². The van der Waals surface area contributed by atoms with Gasteiger partial charge in [0.15, 0.2) is 0 Å². The topological polar surface area (TPSA) is 49.4 Å². The molecule has 2 heterocycles. The summed E-state index contributed by atoms with van der Waals surface area (Å²) in [5.74, 6) is -0.660. The zero-order chi connectivity index (χ0) is 25.1. The van der Waals surface area contributed by atoms with Crippen LogP contribution in [0.4, 0.5) is 4.39 Å². The van der Waals surface area contributed by atoms with E-state index in [4.69, 9.17) is 0 Å². The molecule has 3 aromatic rings. The Morgan fingerprint density at radius 3 is 2.66 bits per heavy atom. The van der Waals surface area contributed by atoms with Crippen LogP contribution in [0.1, 0.15) is 39.7 Å². The average Bonchev–Trinajstić information content (AvgIpc) is 3.45. The SMILES string of the molecule is C/C=C(C)\C=C(/C)[C@@H](C)NC(=O)C1CC(CF)CN1C(=O)Cc1ccc2sc3ccccc3c2c1. The Hall–Kier alpha value is -2.99. The minimum atomic E-state index is -0.646. The molecular weight excluding hydrogens is 459 g/mol. The van der Waals surface area contributed by atoms with E-state index in [1.54, 1.807) is 16.2 Å². The molecule has 1 saturated heterocycles. The Balaban J connectivity index is 1.51. The summed E-state index contributed by atoms with van der Waals surface area (Å²) < 4.78 is 16.0. The molecule has 0 aliphatic carbocycles. The van der Waals surface area contributed by atoms with E-state index in [0.717, 1.165) is 22.1 Å². The Bertz CT molecular complexity index is 1310. The highest BCUT2D eigenvalue weighted by Crippen LogP contribution is 2.34. The van der Waals surface area contributed by atoms with Gasteiger partial charge in [-0.3, -0.25) is 14.0 Å². The number of carbonyl (C=O) groups excluding carboxylic acids is 2. The number of carbonyl (C=O) groups is 2. The maximum atomic E-state index is 13.6. The molecule has 1 aromatic heterocycles. The normalized spacial score (nSPS) is 20.0. The third-order valence-electron chi connectivity index (χ3n) is 6.98. The molecule has 0 spiro atoms. The van der Waals surface area contributed by atoms with Gasteiger partial charge in [0.05, 0.1) is 13.1 Å². The van der Waals surface area contributed by atoms with Gasteiger partial charge in [0, 0.05) is 38.7 Å². The van der Waals surface area contributed by atoms with E-state index >= 15 is 0 Å². The predicted molar refractivity (Wildman–Crippen MR) is 143 cm³/mol. The Morgan fingerprint density at radius 2 is 1.91 bits per heavy atom. The fourth-order valence-electron chi connectivity index (χ4n) is 4.71. The molecule has 6 heteroatoms. The number of rotatable bonds is 7. The van der Waals surface area contributed by atoms with Gasteiger partial charge in [-0.05, 0) is 57.9 Å². The summed E-state index contributed by atoms with van der Waals surface area (Å²) in [6.07, 6.45) is 4.60. The standard InChI is InChI=1S/C29H33FN2O2S/c1-5-18(2)12-19(3)20(4)31-29(34)25-14-22(16-30)17-32(25)28(33)15-21-10-11-27-24(13-21)23-8-6-7-9-26(23)35-27/h5-13,20,22,25H,14-17H2,1-4H3,(H,31,34)/b18-5-,19-12+/t20-,22?,25?/m1/s1. The molecular formula is C29H33FN2O2S. The van der Waals surface area contributed by atoms with Crippen molar-refractivity contribution in [1.29, 1.82) is 0 Å². The predicted octanol–water partition coefficient (Wildman–Crippen LogP) is 6.20. The number of nitrogens with one attached hydrogen (secondary N) is 1. The van der Waals surface area contributed by atoms with Gasteiger partial charge in [-0.25, -0.2) is 0 Å². The number of halogens is 1. The molecule has 1 N–H and O–H groups in total. The molecule has 1 aliphatic rings. The fourth-order valence-corrected chi connectivity index (χ4v) is 5.80. The molecule has 1 aliphatic heterocycles. The van der Waals surface area contributed by atoms with Crippen molar-refractivity contribution in [3.05, 3.63) is 71.3 Å². The quantitative estimate of drug-likeness (QED) is 0.399. The Morgan fingerprint density at radius 1 is 1.17 bits per heavy atom. The van der Waals surface area contributed by atoms with Crippen LogP contribution < -0.4 is 5.32 Å². The molecule has 1 fully saturated rings. The first-order valence-electron chi connectivity index (χ1n) is 12.2. The van der Waals surface area contributed by atoms with E-state index in [0.29, 0.717) is 6.42 Å². The van der Waals surface area contributed by atoms with E-state index in [9.17, 15) is 14.0 Å². The first-order chi connectivity index (χ1) is 16.8. The van der Waals surface area contributed by atoms with Crippen LogP contribution in [0.25, 0.3) is 20.2 Å². The zero-order valence-corrected chi connectivity index (χ0v) is 21.6. The van der Waals surface area contributed by atoms with Crippen LogP contribution in [0.5, 0.6) is 0 Å². The second kappa shape index (κ2) is 10.7. The molecule has 4 rings (SSSR count). The minimum absolute atomic E-state index is 0.135. The summed E-state index contributed by atoms with van der Waals surface area (Å²) in [6, 6.07) is 13.5. The Kier molecular flexibility index (Phi) is 7.70. The number of allylic oxidation sites excluding steroid dienone is 3. The van der Waals surface area contributed by atoms with Gasteiger partial charge in [0.2, 0.25) is 11.8 Å². The van der Waals surface area contributed by atoms with E-state index in [1.165, 1.54) is 14.8 Å². The number of nitrogens with zero attached hydrogens (tertiary/aromatic N) is 1. The maximum absolute atomic E-state index is 13.6. The molecule has 0 bridgehead atoms. The van der Waals surface area contributed by atoms with Crippen molar-refractivity contribution in [3.8, 4) is 0 Å². The molecule has 2 amide bonds. The van der Waals surface area contributed by atoms with Crippen LogP contribution >= 0.6 is 11.3 Å². The number of hydrogen-bond donors (Lipinski definition) is 1. The lowest BCUT2D eigenvalue weighted by molar-refractivity contribution is -0.138. The van der Waals surface area contributed by atoms with E-state index in [2.05, 4.69) is 29.6 Å². The van der Waals surface area contributed by atoms with Gasteiger partial charge in [-0.15, -0.1) is 11.3 Å². The van der Waals surface area contributed by atoms with Gasteiger partial charge in [0.1, 0.15) is 6.04 Å². The monoisotopic (exact) mass is 492 g/mol. The van der Waals surface area contributed by atoms with Gasteiger partial charge < -0.3 is 10.2 Å². The van der Waals surface area contributed by atoms with Crippen LogP contribution in [0.3, 0.4) is 0 Å². The van der Waals surface area contributed by atoms with Gasteiger partial charge in [-0.2, -0.15) is 0 Å². The molecule has 3 atom stereocenters. The van der Waals surface area contributed by atoms with E-state index in [1.807, 2.05) is 58.0 Å². The van der Waals surface area contributed by atoms with Crippen LogP contribution in [-0.2, 0) is 16.0 Å². The highest BCUT2D eigenvalue weighted by molar-refractivity contribution is 7.25. The van der Waals surface area contributed by atoms with Crippen molar-refractivity contribution in [2.75, 3.05) is 13.2 Å². The number of benzene rings is 2. The smallest absolute Gasteiger partial charge is 0.243 e. The molecule has 184 valence electrons. The molecule has 2 unspecified atom stereocenters. The summed E-state index contributed by atoms with van der Waals surface area (Å²) in [6.45, 7) is 7.63. The van der Waals surface area contributed by atoms with Gasteiger partial charge in [-0.1, -0.05) is 47.6 Å². The largest absolute Gasteiger partial charge is 0.348 e. The van der Waals surface area contributed by atoms with E-state index in [-0.39, 0.29) is 36.7 Å². The van der Waals surface area contributed by atoms with Crippen molar-refractivity contribution in [1.82, 2.24) is 10.2 Å². The second-order valence-corrected chi connectivity index (χ2v) is 10.7. The van der Waals surface area contributed by atoms with Gasteiger partial charge >= 0.3 is 0 Å². The molecule has 35 heavy (non-hydrogen) atoms. The lowest BCUT2D eigenvalue weighted by Gasteiger charge is -2.26. The summed E-state index contributed by atoms with van der Waals surface area (Å²) in [5, 5.41) is 5.36. The number of alkyl halides is 1. The average molecular weight is 493 g/mol. The molecule has 4 nitrogen and oxygen atoms in total. The highest BCUT2D eigenvalue weighted by atomic mass is 32.1. The third kappa shape index (κ3) is 5.48. The first-order valence-corrected chi connectivity index (χ1v) is 13.0. The van der Waals surface area contributed by atoms with Crippen molar-refractivity contribution < 1.29 is 14.0 Å². The third-order valence-corrected chi connectivity index (χ3v) is 8.13. The van der Waals surface area contributed by atoms with Crippen molar-refractivity contribution >= 4 is 43.3 Å². The van der Waals surface area contributed by atoms with Gasteiger partial charge in [0.25, 0.3) is 0 Å². The summed E-state index contributed by atoms with van der Waals surface area (Å²) in [4.78, 5) is 28.1. The Labute approximate surface area is 210 Å². The van der Waals surface area contributed by atoms with Crippen molar-refractivity contribution in [2.24, 2.45) is 5.92 Å². The number of amides is 2. The number of fused-ring (bicyclic) bond motifs is 3. The van der Waals surface area contributed by atoms with Crippen LogP contribution in [-0.4, -0.2) is 42.0 Å². The van der Waals surface area contributed by atoms with Crippen molar-refractivity contribution in [3.63, 3.8) is 0 Å². The summed E-state index contributed by atoms with van der Waals surface area (Å²) >= 11 is 1.74. The molecule has 0 saturated carbocycles. The summed E-state index contributed by atoms with van der Waals surface area (Å²) in [5.41, 5.74) is 3.06. The van der Waals surface area contributed by atoms with Crippen LogP contribution in [0.15, 0.2) is 65.8 Å². The molecule has 0 radical (unpaired) electrons. The second-order valence-electron chi connectivity index (χ2n) is 9.57. The fraction of sp³-hybridized carbons (Fsp3) is 0.379. The minimum Gasteiger partial charge on any atom is -0.348 e. The number of thiophene rings is 1. The van der Waals surface area contributed by atoms with Crippen LogP contribution in [0, 0.1) is 5.92 Å². The first kappa shape index (κ1) is 25.1. The lowest BCUT2D eigenvalue weighted by atomic mass is 10.0. The van der Waals surface area contributed by atoms with Crippen LogP contribution in [0.2, 0.25) is 0 Å². The highest BCUT2D eigenvalue weighted by Gasteiger charge is 2.39. The zero-order valence-electron chi connectivity index (χ0n) is 20.8. The number of likely N-dealkylation sites (tertiary alicyclic amines) is 1. The molecule has 2 aromatic carbocycles. The number of hydrogen-bond acceptors (Lipinski definition) is 3. The summed E-state index contributed by atoms with van der Waals surface area (Å²) in [7, 11) is 0. The maximum Gasteiger partial charge on any atom is 0.243 e. The van der Waals surface area contributed by atoms with Crippen molar-refractivity contribution in [2.45, 2.75) is 52.6 Å². The lowest BCUT2D eigenvalue weighted by Crippen LogP contribution is -2.48.